The van der Waals surface area contributed by atoms with Gasteiger partial charge < -0.3 is 10.6 Å². The number of thiocarbonyl (C=S) groups is 1. The lowest BCUT2D eigenvalue weighted by atomic mass is 10.1. The molecule has 1 unspecified atom stereocenters. The third-order valence-corrected chi connectivity index (χ3v) is 6.47. The lowest BCUT2D eigenvalue weighted by Gasteiger charge is -2.37. The quantitative estimate of drug-likeness (QED) is 0.790. The zero-order valence-corrected chi connectivity index (χ0v) is 14.9. The van der Waals surface area contributed by atoms with Gasteiger partial charge in [0, 0.05) is 40.0 Å². The Morgan fingerprint density at radius 1 is 1.55 bits per heavy atom. The molecule has 8 heteroatoms. The molecule has 1 aromatic carbocycles. The van der Waals surface area contributed by atoms with Crippen LogP contribution in [0.25, 0.3) is 0 Å². The second-order valence-corrected chi connectivity index (χ2v) is 9.29. The Bertz CT molecular complexity index is 634. The first-order valence-corrected chi connectivity index (χ1v) is 10.2. The van der Waals surface area contributed by atoms with E-state index in [2.05, 4.69) is 15.9 Å². The summed E-state index contributed by atoms with van der Waals surface area (Å²) in [6.07, 6.45) is 1.27. The molecule has 1 fully saturated rings. The standard InChI is InChI=1S/C12H15BrN2O2S3/c1-20(16,17)11-7-19-5-4-15(11)10-3-2-8(13)6-9(10)12(14)18/h2-3,6,11H,4-5,7H2,1H3,(H2,14,18). The number of rotatable bonds is 3. The Labute approximate surface area is 137 Å². The van der Waals surface area contributed by atoms with Crippen LogP contribution in [0, 0.1) is 0 Å². The summed E-state index contributed by atoms with van der Waals surface area (Å²) in [6.45, 7) is 0.666. The molecule has 1 atom stereocenters. The molecule has 1 aromatic rings. The van der Waals surface area contributed by atoms with Crippen molar-refractivity contribution in [2.24, 2.45) is 5.73 Å². The summed E-state index contributed by atoms with van der Waals surface area (Å²) >= 11 is 10.1. The first kappa shape index (κ1) is 16.1. The van der Waals surface area contributed by atoms with Crippen molar-refractivity contribution in [2.45, 2.75) is 5.37 Å². The van der Waals surface area contributed by atoms with Gasteiger partial charge in [0.25, 0.3) is 0 Å². The Morgan fingerprint density at radius 3 is 2.85 bits per heavy atom. The van der Waals surface area contributed by atoms with Crippen LogP contribution < -0.4 is 10.6 Å². The van der Waals surface area contributed by atoms with Crippen molar-refractivity contribution in [1.29, 1.82) is 0 Å². The molecular weight excluding hydrogens is 380 g/mol. The Morgan fingerprint density at radius 2 is 2.25 bits per heavy atom. The monoisotopic (exact) mass is 394 g/mol. The maximum atomic E-state index is 12.0. The molecule has 2 N–H and O–H groups in total. The van der Waals surface area contributed by atoms with E-state index in [0.717, 1.165) is 15.9 Å². The second-order valence-electron chi connectivity index (χ2n) is 4.58. The minimum absolute atomic E-state index is 0.270. The van der Waals surface area contributed by atoms with Gasteiger partial charge in [0.05, 0.1) is 0 Å². The summed E-state index contributed by atoms with van der Waals surface area (Å²) in [4.78, 5) is 2.17. The fourth-order valence-corrected chi connectivity index (χ4v) is 5.52. The third kappa shape index (κ3) is 3.47. The van der Waals surface area contributed by atoms with E-state index in [9.17, 15) is 8.42 Å². The zero-order valence-electron chi connectivity index (χ0n) is 10.9. The molecule has 0 saturated carbocycles. The van der Waals surface area contributed by atoms with Gasteiger partial charge in [-0.3, -0.25) is 0 Å². The van der Waals surface area contributed by atoms with Crippen LogP contribution in [0.5, 0.6) is 0 Å². The van der Waals surface area contributed by atoms with Crippen LogP contribution in [0.2, 0.25) is 0 Å². The van der Waals surface area contributed by atoms with Crippen LogP contribution in [0.4, 0.5) is 5.69 Å². The van der Waals surface area contributed by atoms with Crippen LogP contribution >= 0.6 is 39.9 Å². The highest BCUT2D eigenvalue weighted by molar-refractivity contribution is 9.10. The van der Waals surface area contributed by atoms with E-state index in [1.165, 1.54) is 6.26 Å². The smallest absolute Gasteiger partial charge is 0.169 e. The summed E-state index contributed by atoms with van der Waals surface area (Å²) < 4.78 is 24.8. The average molecular weight is 395 g/mol. The highest BCUT2D eigenvalue weighted by Crippen LogP contribution is 2.31. The van der Waals surface area contributed by atoms with E-state index in [1.54, 1.807) is 11.8 Å². The Hall–Kier alpha value is -0.310. The van der Waals surface area contributed by atoms with E-state index in [0.29, 0.717) is 17.9 Å². The van der Waals surface area contributed by atoms with Gasteiger partial charge in [0.2, 0.25) is 0 Å². The number of benzene rings is 1. The molecule has 0 spiro atoms. The fourth-order valence-electron chi connectivity index (χ4n) is 2.17. The van der Waals surface area contributed by atoms with Crippen molar-refractivity contribution in [3.63, 3.8) is 0 Å². The minimum atomic E-state index is -3.17. The van der Waals surface area contributed by atoms with E-state index in [-0.39, 0.29) is 4.99 Å². The molecule has 1 saturated heterocycles. The van der Waals surface area contributed by atoms with E-state index < -0.39 is 15.2 Å². The minimum Gasteiger partial charge on any atom is -0.389 e. The van der Waals surface area contributed by atoms with Gasteiger partial charge in [-0.2, -0.15) is 11.8 Å². The number of halogens is 1. The topological polar surface area (TPSA) is 63.4 Å². The van der Waals surface area contributed by atoms with Crippen LogP contribution in [-0.4, -0.2) is 43.1 Å². The molecule has 0 aromatic heterocycles. The van der Waals surface area contributed by atoms with Gasteiger partial charge in [0.1, 0.15) is 10.4 Å². The van der Waals surface area contributed by atoms with Gasteiger partial charge in [-0.15, -0.1) is 0 Å². The SMILES string of the molecule is CS(=O)(=O)C1CSCCN1c1ccc(Br)cc1C(N)=S. The van der Waals surface area contributed by atoms with Crippen molar-refractivity contribution >= 4 is 60.4 Å². The number of anilines is 1. The maximum absolute atomic E-state index is 12.0. The van der Waals surface area contributed by atoms with Crippen LogP contribution in [0.1, 0.15) is 5.56 Å². The lowest BCUT2D eigenvalue weighted by molar-refractivity contribution is 0.584. The number of nitrogens with two attached hydrogens (primary N) is 1. The molecule has 0 radical (unpaired) electrons. The van der Waals surface area contributed by atoms with E-state index in [1.807, 2.05) is 23.1 Å². The lowest BCUT2D eigenvalue weighted by Crippen LogP contribution is -2.47. The van der Waals surface area contributed by atoms with Gasteiger partial charge in [0.15, 0.2) is 9.84 Å². The maximum Gasteiger partial charge on any atom is 0.169 e. The molecule has 110 valence electrons. The van der Waals surface area contributed by atoms with Crippen LogP contribution in [0.3, 0.4) is 0 Å². The molecule has 0 amide bonds. The highest BCUT2D eigenvalue weighted by Gasteiger charge is 2.32. The summed E-state index contributed by atoms with van der Waals surface area (Å²) in [6, 6.07) is 5.57. The van der Waals surface area contributed by atoms with Crippen molar-refractivity contribution < 1.29 is 8.42 Å². The molecule has 0 aliphatic carbocycles. The molecule has 1 aliphatic rings. The predicted octanol–water partition coefficient (Wildman–Crippen LogP) is 2.01. The first-order valence-electron chi connectivity index (χ1n) is 5.93. The van der Waals surface area contributed by atoms with Gasteiger partial charge >= 0.3 is 0 Å². The highest BCUT2D eigenvalue weighted by atomic mass is 79.9. The average Bonchev–Trinajstić information content (AvgIpc) is 2.37. The largest absolute Gasteiger partial charge is 0.389 e. The predicted molar refractivity (Wildman–Crippen MR) is 93.3 cm³/mol. The van der Waals surface area contributed by atoms with Crippen molar-refractivity contribution in [1.82, 2.24) is 0 Å². The van der Waals surface area contributed by atoms with Gasteiger partial charge in [-0.1, -0.05) is 28.1 Å². The molecule has 2 rings (SSSR count). The van der Waals surface area contributed by atoms with Crippen molar-refractivity contribution in [3.05, 3.63) is 28.2 Å². The molecule has 1 heterocycles. The van der Waals surface area contributed by atoms with Gasteiger partial charge in [-0.05, 0) is 18.2 Å². The normalized spacial score (nSPS) is 19.9. The van der Waals surface area contributed by atoms with Gasteiger partial charge in [-0.25, -0.2) is 8.42 Å². The van der Waals surface area contributed by atoms with Crippen LogP contribution in [-0.2, 0) is 9.84 Å². The molecular formula is C12H15BrN2O2S3. The summed E-state index contributed by atoms with van der Waals surface area (Å²) in [7, 11) is -3.17. The van der Waals surface area contributed by atoms with Crippen molar-refractivity contribution in [2.75, 3.05) is 29.2 Å². The summed E-state index contributed by atoms with van der Waals surface area (Å²) in [5.41, 5.74) is 7.27. The first-order chi connectivity index (χ1) is 9.30. The number of nitrogens with zero attached hydrogens (tertiary/aromatic N) is 1. The summed E-state index contributed by atoms with van der Waals surface area (Å²) in [5.74, 6) is 1.45. The molecule has 4 nitrogen and oxygen atoms in total. The zero-order chi connectivity index (χ0) is 14.9. The number of hydrogen-bond donors (Lipinski definition) is 1. The molecule has 0 bridgehead atoms. The van der Waals surface area contributed by atoms with E-state index in [4.69, 9.17) is 18.0 Å². The van der Waals surface area contributed by atoms with Crippen molar-refractivity contribution in [3.8, 4) is 0 Å². The number of thioether (sulfide) groups is 1. The third-order valence-electron chi connectivity index (χ3n) is 3.11. The summed E-state index contributed by atoms with van der Waals surface area (Å²) in [5, 5.41) is -0.532. The van der Waals surface area contributed by atoms with Crippen LogP contribution in [0.15, 0.2) is 22.7 Å². The second kappa shape index (κ2) is 6.21. The molecule has 20 heavy (non-hydrogen) atoms. The molecule has 1 aliphatic heterocycles. The Balaban J connectivity index is 2.50. The van der Waals surface area contributed by atoms with E-state index >= 15 is 0 Å². The number of sulfone groups is 1. The fraction of sp³-hybridized carbons (Fsp3) is 0.417. The number of hydrogen-bond acceptors (Lipinski definition) is 5. The Kier molecular flexibility index (Phi) is 4.99.